The molecule has 2 aromatic rings. The standard InChI is InChI=1S/C26H38FN7O/c1-2-33-12-6-11-21(33)17-34(16-18-8-4-3-5-9-18)26-31-24(28)30-25(32-26)29-20-14-19-10-7-13-35-23(19)22(27)15-20/h14-15,18,21H,2-13,16-17H2,1H3,(H3,28,29,30,31,32). The van der Waals surface area contributed by atoms with Gasteiger partial charge in [0.15, 0.2) is 11.6 Å². The summed E-state index contributed by atoms with van der Waals surface area (Å²) < 4.78 is 20.1. The lowest BCUT2D eigenvalue weighted by atomic mass is 9.89. The normalized spacial score (nSPS) is 20.9. The molecule has 190 valence electrons. The van der Waals surface area contributed by atoms with Crippen molar-refractivity contribution in [1.29, 1.82) is 0 Å². The van der Waals surface area contributed by atoms with E-state index in [0.29, 0.717) is 41.9 Å². The Morgan fingerprint density at radius 3 is 2.77 bits per heavy atom. The predicted octanol–water partition coefficient (Wildman–Crippen LogP) is 4.53. The van der Waals surface area contributed by atoms with E-state index in [0.717, 1.165) is 44.6 Å². The fraction of sp³-hybridized carbons (Fsp3) is 0.654. The Labute approximate surface area is 207 Å². The second-order valence-corrected chi connectivity index (χ2v) is 10.2. The number of ether oxygens (including phenoxy) is 1. The van der Waals surface area contributed by atoms with Crippen molar-refractivity contribution < 1.29 is 9.13 Å². The maximum Gasteiger partial charge on any atom is 0.233 e. The monoisotopic (exact) mass is 483 g/mol. The third-order valence-electron chi connectivity index (χ3n) is 7.68. The quantitative estimate of drug-likeness (QED) is 0.566. The van der Waals surface area contributed by atoms with Crippen molar-refractivity contribution in [2.45, 2.75) is 70.8 Å². The number of nitrogens with two attached hydrogens (primary N) is 1. The summed E-state index contributed by atoms with van der Waals surface area (Å²) in [5, 5.41) is 3.17. The lowest BCUT2D eigenvalue weighted by molar-refractivity contribution is 0.262. The second kappa shape index (κ2) is 10.9. The zero-order valence-electron chi connectivity index (χ0n) is 20.8. The van der Waals surface area contributed by atoms with Crippen LogP contribution in [0.4, 0.5) is 27.9 Å². The molecule has 3 N–H and O–H groups in total. The molecule has 5 rings (SSSR count). The molecule has 1 aliphatic carbocycles. The van der Waals surface area contributed by atoms with Crippen molar-refractivity contribution in [3.63, 3.8) is 0 Å². The van der Waals surface area contributed by atoms with E-state index in [2.05, 4.69) is 32.0 Å². The van der Waals surface area contributed by atoms with E-state index in [1.165, 1.54) is 51.0 Å². The van der Waals surface area contributed by atoms with E-state index >= 15 is 0 Å². The number of nitrogens with one attached hydrogen (secondary N) is 1. The summed E-state index contributed by atoms with van der Waals surface area (Å²) in [6.07, 6.45) is 10.5. The molecule has 1 aromatic heterocycles. The Kier molecular flexibility index (Phi) is 7.51. The van der Waals surface area contributed by atoms with Gasteiger partial charge in [-0.3, -0.25) is 4.90 Å². The number of aryl methyl sites for hydroxylation is 1. The van der Waals surface area contributed by atoms with Gasteiger partial charge in [0.2, 0.25) is 17.8 Å². The number of hydrogen-bond acceptors (Lipinski definition) is 8. The van der Waals surface area contributed by atoms with Gasteiger partial charge in [-0.05, 0) is 69.2 Å². The number of nitrogen functional groups attached to an aromatic ring is 1. The highest BCUT2D eigenvalue weighted by atomic mass is 19.1. The fourth-order valence-corrected chi connectivity index (χ4v) is 5.91. The van der Waals surface area contributed by atoms with Crippen molar-refractivity contribution in [2.24, 2.45) is 5.92 Å². The first kappa shape index (κ1) is 24.0. The smallest absolute Gasteiger partial charge is 0.233 e. The largest absolute Gasteiger partial charge is 0.490 e. The van der Waals surface area contributed by atoms with Gasteiger partial charge in [-0.2, -0.15) is 15.0 Å². The molecule has 1 unspecified atom stereocenters. The lowest BCUT2D eigenvalue weighted by Gasteiger charge is -2.34. The summed E-state index contributed by atoms with van der Waals surface area (Å²) in [5.74, 6) is 1.75. The highest BCUT2D eigenvalue weighted by molar-refractivity contribution is 5.59. The summed E-state index contributed by atoms with van der Waals surface area (Å²) in [6, 6.07) is 3.84. The number of halogens is 1. The van der Waals surface area contributed by atoms with Gasteiger partial charge in [-0.25, -0.2) is 4.39 Å². The average Bonchev–Trinajstić information content (AvgIpc) is 3.31. The minimum absolute atomic E-state index is 0.173. The summed E-state index contributed by atoms with van der Waals surface area (Å²) in [5.41, 5.74) is 7.61. The first-order valence-electron chi connectivity index (χ1n) is 13.3. The maximum absolute atomic E-state index is 14.6. The van der Waals surface area contributed by atoms with Crippen LogP contribution in [0.25, 0.3) is 0 Å². The van der Waals surface area contributed by atoms with Crippen LogP contribution < -0.4 is 20.7 Å². The SMILES string of the molecule is CCN1CCCC1CN(CC1CCCCC1)c1nc(N)nc(Nc2cc(F)c3c(c2)CCCO3)n1. The highest BCUT2D eigenvalue weighted by Gasteiger charge is 2.28. The number of likely N-dealkylation sites (tertiary alicyclic amines) is 1. The molecule has 1 atom stereocenters. The van der Waals surface area contributed by atoms with Crippen molar-refractivity contribution in [2.75, 3.05) is 48.7 Å². The number of likely N-dealkylation sites (N-methyl/N-ethyl adjacent to an activating group) is 1. The minimum atomic E-state index is -0.369. The molecule has 9 heteroatoms. The highest BCUT2D eigenvalue weighted by Crippen LogP contribution is 2.32. The van der Waals surface area contributed by atoms with Crippen molar-refractivity contribution >= 4 is 23.5 Å². The fourth-order valence-electron chi connectivity index (χ4n) is 5.91. The van der Waals surface area contributed by atoms with Crippen LogP contribution in [0.15, 0.2) is 12.1 Å². The molecular formula is C26H38FN7O. The summed E-state index contributed by atoms with van der Waals surface area (Å²) >= 11 is 0. The van der Waals surface area contributed by atoms with E-state index in [1.807, 2.05) is 6.07 Å². The van der Waals surface area contributed by atoms with Gasteiger partial charge >= 0.3 is 0 Å². The van der Waals surface area contributed by atoms with Crippen LogP contribution in [0.2, 0.25) is 0 Å². The van der Waals surface area contributed by atoms with E-state index < -0.39 is 0 Å². The van der Waals surface area contributed by atoms with Gasteiger partial charge in [0, 0.05) is 30.9 Å². The Hall–Kier alpha value is -2.68. The molecule has 1 saturated carbocycles. The predicted molar refractivity (Wildman–Crippen MR) is 137 cm³/mol. The van der Waals surface area contributed by atoms with E-state index in [1.54, 1.807) is 0 Å². The van der Waals surface area contributed by atoms with E-state index in [-0.39, 0.29) is 11.8 Å². The number of fused-ring (bicyclic) bond motifs is 1. The third-order valence-corrected chi connectivity index (χ3v) is 7.68. The van der Waals surface area contributed by atoms with Crippen LogP contribution >= 0.6 is 0 Å². The van der Waals surface area contributed by atoms with Gasteiger partial charge in [-0.15, -0.1) is 0 Å². The van der Waals surface area contributed by atoms with Crippen LogP contribution in [0, 0.1) is 11.7 Å². The van der Waals surface area contributed by atoms with Crippen molar-refractivity contribution in [3.8, 4) is 5.75 Å². The van der Waals surface area contributed by atoms with E-state index in [4.69, 9.17) is 15.5 Å². The molecule has 0 spiro atoms. The molecule has 3 aliphatic rings. The van der Waals surface area contributed by atoms with Gasteiger partial charge < -0.3 is 20.7 Å². The van der Waals surface area contributed by atoms with E-state index in [9.17, 15) is 4.39 Å². The number of hydrogen-bond donors (Lipinski definition) is 2. The second-order valence-electron chi connectivity index (χ2n) is 10.2. The molecule has 1 aromatic carbocycles. The first-order chi connectivity index (χ1) is 17.1. The molecular weight excluding hydrogens is 445 g/mol. The molecule has 0 bridgehead atoms. The van der Waals surface area contributed by atoms with Crippen molar-refractivity contribution in [1.82, 2.24) is 19.9 Å². The topological polar surface area (TPSA) is 92.4 Å². The van der Waals surface area contributed by atoms with Crippen LogP contribution in [-0.2, 0) is 6.42 Å². The zero-order chi connectivity index (χ0) is 24.2. The molecule has 0 amide bonds. The number of nitrogens with zero attached hydrogens (tertiary/aromatic N) is 5. The molecule has 2 fully saturated rings. The van der Waals surface area contributed by atoms with Gasteiger partial charge in [0.1, 0.15) is 0 Å². The van der Waals surface area contributed by atoms with Crippen LogP contribution in [0.5, 0.6) is 5.75 Å². The zero-order valence-corrected chi connectivity index (χ0v) is 20.8. The van der Waals surface area contributed by atoms with Crippen LogP contribution in [-0.4, -0.2) is 58.7 Å². The molecule has 2 aliphatic heterocycles. The molecule has 35 heavy (non-hydrogen) atoms. The molecule has 1 saturated heterocycles. The summed E-state index contributed by atoms with van der Waals surface area (Å²) in [7, 11) is 0. The number of rotatable bonds is 8. The van der Waals surface area contributed by atoms with Gasteiger partial charge in [0.05, 0.1) is 6.61 Å². The number of benzene rings is 1. The molecule has 0 radical (unpaired) electrons. The first-order valence-corrected chi connectivity index (χ1v) is 13.3. The lowest BCUT2D eigenvalue weighted by Crippen LogP contribution is -2.43. The minimum Gasteiger partial charge on any atom is -0.490 e. The Bertz CT molecular complexity index is 1010. The Morgan fingerprint density at radius 1 is 1.09 bits per heavy atom. The maximum atomic E-state index is 14.6. The van der Waals surface area contributed by atoms with Crippen LogP contribution in [0.3, 0.4) is 0 Å². The number of aromatic nitrogens is 3. The molecule has 3 heterocycles. The van der Waals surface area contributed by atoms with Gasteiger partial charge in [-0.1, -0.05) is 26.2 Å². The van der Waals surface area contributed by atoms with Crippen LogP contribution in [0.1, 0.15) is 63.9 Å². The number of anilines is 4. The Balaban J connectivity index is 1.39. The summed E-state index contributed by atoms with van der Waals surface area (Å²) in [6.45, 7) is 6.81. The molecule has 8 nitrogen and oxygen atoms in total. The Morgan fingerprint density at radius 2 is 1.94 bits per heavy atom. The average molecular weight is 484 g/mol. The third kappa shape index (κ3) is 5.77. The van der Waals surface area contributed by atoms with Gasteiger partial charge in [0.25, 0.3) is 0 Å². The van der Waals surface area contributed by atoms with Crippen molar-refractivity contribution in [3.05, 3.63) is 23.5 Å². The summed E-state index contributed by atoms with van der Waals surface area (Å²) in [4.78, 5) is 18.5.